The van der Waals surface area contributed by atoms with Crippen LogP contribution in [0.25, 0.3) is 0 Å². The first-order chi connectivity index (χ1) is 14.8. The van der Waals surface area contributed by atoms with E-state index in [1.165, 1.54) is 6.20 Å². The molecule has 31 heavy (non-hydrogen) atoms. The number of aromatic nitrogens is 3. The van der Waals surface area contributed by atoms with Gasteiger partial charge in [0, 0.05) is 37.1 Å². The molecule has 1 aliphatic rings. The third-order valence-electron chi connectivity index (χ3n) is 3.90. The number of carbonyl (C=O) groups is 2. The van der Waals surface area contributed by atoms with E-state index in [1.54, 1.807) is 51.4 Å². The standard InChI is InChI=1S/C20H24N8O3/c1-20(2,3)31-19(30)23-9-4-6-15(29)13-7-8-14(24-12-13)16-25-27-18(28-26-16)17-21-10-5-11-22-17/h5,7-8,10-12H,4,6,9H2,1-3H3,(H,23,30)(H,25,26)(H,27,28). The van der Waals surface area contributed by atoms with Crippen molar-refractivity contribution in [1.29, 1.82) is 0 Å². The van der Waals surface area contributed by atoms with Crippen molar-refractivity contribution < 1.29 is 14.3 Å². The van der Waals surface area contributed by atoms with Gasteiger partial charge in [0.1, 0.15) is 11.3 Å². The summed E-state index contributed by atoms with van der Waals surface area (Å²) >= 11 is 0. The van der Waals surface area contributed by atoms with Gasteiger partial charge in [-0.3, -0.25) is 20.6 Å². The first kappa shape index (κ1) is 21.8. The number of nitrogens with one attached hydrogen (secondary N) is 3. The van der Waals surface area contributed by atoms with Gasteiger partial charge in [-0.15, -0.1) is 0 Å². The van der Waals surface area contributed by atoms with Crippen LogP contribution >= 0.6 is 0 Å². The summed E-state index contributed by atoms with van der Waals surface area (Å²) in [6.07, 6.45) is 4.99. The van der Waals surface area contributed by atoms with Crippen LogP contribution in [-0.2, 0) is 4.74 Å². The summed E-state index contributed by atoms with van der Waals surface area (Å²) in [5.41, 5.74) is 6.02. The Morgan fingerprint density at radius 3 is 2.35 bits per heavy atom. The average molecular weight is 424 g/mol. The Labute approximate surface area is 179 Å². The summed E-state index contributed by atoms with van der Waals surface area (Å²) in [4.78, 5) is 36.4. The maximum absolute atomic E-state index is 12.3. The molecule has 11 heteroatoms. The minimum absolute atomic E-state index is 0.0664. The number of rotatable bonds is 7. The number of ether oxygens (including phenoxy) is 1. The van der Waals surface area contributed by atoms with Crippen molar-refractivity contribution in [1.82, 2.24) is 31.1 Å². The highest BCUT2D eigenvalue weighted by Gasteiger charge is 2.17. The first-order valence-corrected chi connectivity index (χ1v) is 9.73. The minimum Gasteiger partial charge on any atom is -0.444 e. The average Bonchev–Trinajstić information content (AvgIpc) is 2.76. The van der Waals surface area contributed by atoms with Crippen LogP contribution in [0.15, 0.2) is 47.0 Å². The molecule has 2 aromatic rings. The maximum Gasteiger partial charge on any atom is 0.407 e. The number of amidine groups is 2. The third kappa shape index (κ3) is 6.56. The summed E-state index contributed by atoms with van der Waals surface area (Å²) in [5.74, 6) is 1.13. The molecule has 162 valence electrons. The van der Waals surface area contributed by atoms with E-state index in [1.807, 2.05) is 0 Å². The van der Waals surface area contributed by atoms with Crippen LogP contribution in [-0.4, -0.2) is 50.6 Å². The predicted octanol–water partition coefficient (Wildman–Crippen LogP) is 1.58. The monoisotopic (exact) mass is 424 g/mol. The topological polar surface area (TPSA) is 143 Å². The number of carbonyl (C=O) groups excluding carboxylic acids is 2. The second-order valence-electron chi connectivity index (χ2n) is 7.60. The zero-order chi connectivity index (χ0) is 22.3. The fourth-order valence-corrected chi connectivity index (χ4v) is 2.50. The van der Waals surface area contributed by atoms with Crippen LogP contribution < -0.4 is 16.2 Å². The highest BCUT2D eigenvalue weighted by molar-refractivity contribution is 6.04. The van der Waals surface area contributed by atoms with E-state index >= 15 is 0 Å². The number of Topliss-reactive ketones (excluding diaryl/α,β-unsaturated/α-hetero) is 1. The van der Waals surface area contributed by atoms with E-state index < -0.39 is 11.7 Å². The molecule has 0 saturated carbocycles. The summed E-state index contributed by atoms with van der Waals surface area (Å²) in [5, 5.41) is 11.0. The van der Waals surface area contributed by atoms with Crippen molar-refractivity contribution in [2.24, 2.45) is 10.2 Å². The molecule has 0 saturated heterocycles. The van der Waals surface area contributed by atoms with Gasteiger partial charge in [-0.05, 0) is 45.4 Å². The minimum atomic E-state index is -0.553. The van der Waals surface area contributed by atoms with Crippen molar-refractivity contribution in [3.8, 4) is 0 Å². The lowest BCUT2D eigenvalue weighted by Crippen LogP contribution is -2.35. The van der Waals surface area contributed by atoms with Crippen LogP contribution in [0.2, 0.25) is 0 Å². The van der Waals surface area contributed by atoms with Crippen molar-refractivity contribution in [3.63, 3.8) is 0 Å². The van der Waals surface area contributed by atoms with E-state index in [0.717, 1.165) is 0 Å². The van der Waals surface area contributed by atoms with Gasteiger partial charge in [0.25, 0.3) is 0 Å². The first-order valence-electron chi connectivity index (χ1n) is 9.73. The summed E-state index contributed by atoms with van der Waals surface area (Å²) in [6, 6.07) is 5.06. The van der Waals surface area contributed by atoms with Crippen LogP contribution in [0.5, 0.6) is 0 Å². The van der Waals surface area contributed by atoms with Gasteiger partial charge in [-0.25, -0.2) is 14.8 Å². The Balaban J connectivity index is 1.46. The Morgan fingerprint density at radius 1 is 1.03 bits per heavy atom. The number of hydrazone groups is 2. The van der Waals surface area contributed by atoms with Crippen molar-refractivity contribution in [2.45, 2.75) is 39.2 Å². The van der Waals surface area contributed by atoms with Gasteiger partial charge in [-0.2, -0.15) is 10.2 Å². The molecule has 2 aromatic heterocycles. The fourth-order valence-electron chi connectivity index (χ4n) is 2.50. The molecule has 0 aromatic carbocycles. The van der Waals surface area contributed by atoms with E-state index in [4.69, 9.17) is 4.74 Å². The molecule has 0 spiro atoms. The van der Waals surface area contributed by atoms with Gasteiger partial charge in [0.2, 0.25) is 5.84 Å². The molecule has 0 radical (unpaired) electrons. The molecular weight excluding hydrogens is 400 g/mol. The normalized spacial score (nSPS) is 13.3. The third-order valence-corrected chi connectivity index (χ3v) is 3.90. The highest BCUT2D eigenvalue weighted by Crippen LogP contribution is 2.08. The number of ketones is 1. The Bertz CT molecular complexity index is 982. The SMILES string of the molecule is CC(C)(C)OC(=O)NCCCC(=O)c1ccc(C2=NNC(c3ncccn3)=NN2)nc1. The van der Waals surface area contributed by atoms with Gasteiger partial charge in [0.15, 0.2) is 17.4 Å². The number of hydrogen-bond donors (Lipinski definition) is 3. The Morgan fingerprint density at radius 2 is 1.74 bits per heavy atom. The largest absolute Gasteiger partial charge is 0.444 e. The quantitative estimate of drug-likeness (QED) is 0.449. The van der Waals surface area contributed by atoms with Gasteiger partial charge in [-0.1, -0.05) is 0 Å². The summed E-state index contributed by atoms with van der Waals surface area (Å²) < 4.78 is 5.15. The van der Waals surface area contributed by atoms with E-state index in [9.17, 15) is 9.59 Å². The molecule has 3 rings (SSSR count). The molecule has 3 heterocycles. The fraction of sp³-hybridized carbons (Fsp3) is 0.350. The van der Waals surface area contributed by atoms with Crippen molar-refractivity contribution in [2.75, 3.05) is 6.54 Å². The lowest BCUT2D eigenvalue weighted by molar-refractivity contribution is 0.0525. The number of hydrogen-bond acceptors (Lipinski definition) is 10. The molecule has 11 nitrogen and oxygen atoms in total. The van der Waals surface area contributed by atoms with Crippen LogP contribution in [0.1, 0.15) is 55.5 Å². The molecule has 0 unspecified atom stereocenters. The molecule has 0 atom stereocenters. The molecule has 1 aliphatic heterocycles. The smallest absolute Gasteiger partial charge is 0.407 e. The number of pyridine rings is 1. The van der Waals surface area contributed by atoms with Crippen molar-refractivity contribution >= 4 is 23.5 Å². The van der Waals surface area contributed by atoms with Gasteiger partial charge in [0.05, 0.1) is 0 Å². The highest BCUT2D eigenvalue weighted by atomic mass is 16.6. The molecular formula is C20H24N8O3. The maximum atomic E-state index is 12.3. The number of amides is 1. The second-order valence-corrected chi connectivity index (χ2v) is 7.60. The molecule has 1 amide bonds. The van der Waals surface area contributed by atoms with Crippen molar-refractivity contribution in [3.05, 3.63) is 53.9 Å². The Hall–Kier alpha value is -3.89. The number of nitrogens with zero attached hydrogens (tertiary/aromatic N) is 5. The van der Waals surface area contributed by atoms with Crippen LogP contribution in [0.3, 0.4) is 0 Å². The summed E-state index contributed by atoms with van der Waals surface area (Å²) in [7, 11) is 0. The van der Waals surface area contributed by atoms with E-state index in [2.05, 4.69) is 41.3 Å². The predicted molar refractivity (Wildman–Crippen MR) is 113 cm³/mol. The molecule has 0 aliphatic carbocycles. The lowest BCUT2D eigenvalue weighted by atomic mass is 10.1. The summed E-state index contributed by atoms with van der Waals surface area (Å²) in [6.45, 7) is 5.73. The molecule has 0 bridgehead atoms. The van der Waals surface area contributed by atoms with Crippen LogP contribution in [0.4, 0.5) is 4.79 Å². The van der Waals surface area contributed by atoms with E-state index in [0.29, 0.717) is 41.7 Å². The molecule has 0 fully saturated rings. The van der Waals surface area contributed by atoms with E-state index in [-0.39, 0.29) is 12.2 Å². The molecule has 3 N–H and O–H groups in total. The lowest BCUT2D eigenvalue weighted by Gasteiger charge is -2.19. The van der Waals surface area contributed by atoms with Crippen LogP contribution in [0, 0.1) is 0 Å². The number of alkyl carbamates (subject to hydrolysis) is 1. The zero-order valence-corrected chi connectivity index (χ0v) is 17.5. The zero-order valence-electron chi connectivity index (χ0n) is 17.5. The Kier molecular flexibility index (Phi) is 6.85. The second kappa shape index (κ2) is 9.74. The van der Waals surface area contributed by atoms with Gasteiger partial charge >= 0.3 is 6.09 Å². The van der Waals surface area contributed by atoms with Gasteiger partial charge < -0.3 is 10.1 Å².